The fourth-order valence-corrected chi connectivity index (χ4v) is 3.37. The van der Waals surface area contributed by atoms with E-state index in [-0.39, 0.29) is 0 Å². The molecule has 0 bridgehead atoms. The van der Waals surface area contributed by atoms with Gasteiger partial charge in [0, 0.05) is 24.8 Å². The highest BCUT2D eigenvalue weighted by atomic mass is 15.2. The highest BCUT2D eigenvalue weighted by Crippen LogP contribution is 2.31. The second-order valence-corrected chi connectivity index (χ2v) is 5.69. The van der Waals surface area contributed by atoms with E-state index in [4.69, 9.17) is 0 Å². The van der Waals surface area contributed by atoms with E-state index in [2.05, 4.69) is 77.3 Å². The molecule has 0 unspecified atom stereocenters. The molecule has 1 atom stereocenters. The number of para-hydroxylation sites is 1. The Bertz CT molecular complexity index is 757. The number of hydrogen-bond acceptors (Lipinski definition) is 1. The van der Waals surface area contributed by atoms with E-state index in [1.54, 1.807) is 0 Å². The summed E-state index contributed by atoms with van der Waals surface area (Å²) in [5.41, 5.74) is 4.23. The second kappa shape index (κ2) is 4.50. The number of nitrogens with zero attached hydrogens (tertiary/aromatic N) is 2. The van der Waals surface area contributed by atoms with E-state index < -0.39 is 0 Å². The first-order chi connectivity index (χ1) is 9.83. The number of hydrogen-bond donors (Lipinski definition) is 0. The lowest BCUT2D eigenvalue weighted by Gasteiger charge is -2.33. The van der Waals surface area contributed by atoms with Gasteiger partial charge in [-0.1, -0.05) is 42.5 Å². The van der Waals surface area contributed by atoms with Crippen molar-refractivity contribution < 1.29 is 0 Å². The molecule has 4 rings (SSSR count). The monoisotopic (exact) mass is 262 g/mol. The molecule has 0 aliphatic carbocycles. The largest absolute Gasteiger partial charge is 0.339 e. The fourth-order valence-electron chi connectivity index (χ4n) is 3.37. The van der Waals surface area contributed by atoms with Crippen LogP contribution >= 0.6 is 0 Å². The molecule has 2 nitrogen and oxygen atoms in total. The molecule has 0 N–H and O–H groups in total. The van der Waals surface area contributed by atoms with Crippen LogP contribution < -0.4 is 0 Å². The van der Waals surface area contributed by atoms with Gasteiger partial charge in [-0.05, 0) is 35.7 Å². The highest BCUT2D eigenvalue weighted by molar-refractivity contribution is 5.80. The van der Waals surface area contributed by atoms with Gasteiger partial charge in [-0.2, -0.15) is 0 Å². The molecule has 2 aromatic carbocycles. The van der Waals surface area contributed by atoms with Gasteiger partial charge >= 0.3 is 0 Å². The molecule has 0 amide bonds. The lowest BCUT2D eigenvalue weighted by molar-refractivity contribution is 0.267. The zero-order chi connectivity index (χ0) is 13.5. The Labute approximate surface area is 119 Å². The zero-order valence-corrected chi connectivity index (χ0v) is 11.7. The van der Waals surface area contributed by atoms with Gasteiger partial charge in [0.2, 0.25) is 0 Å². The van der Waals surface area contributed by atoms with E-state index in [1.807, 2.05) is 0 Å². The molecule has 20 heavy (non-hydrogen) atoms. The van der Waals surface area contributed by atoms with Crippen molar-refractivity contribution in [3.63, 3.8) is 0 Å². The van der Waals surface area contributed by atoms with E-state index in [0.717, 1.165) is 13.1 Å². The molecule has 1 aliphatic rings. The maximum absolute atomic E-state index is 2.42. The fraction of sp³-hybridized carbons (Fsp3) is 0.222. The molecule has 2 heterocycles. The van der Waals surface area contributed by atoms with Gasteiger partial charge in [0.1, 0.15) is 0 Å². The minimum Gasteiger partial charge on any atom is -0.339 e. The third-order valence-electron chi connectivity index (χ3n) is 4.30. The quantitative estimate of drug-likeness (QED) is 0.649. The van der Waals surface area contributed by atoms with Crippen molar-refractivity contribution >= 4 is 10.9 Å². The van der Waals surface area contributed by atoms with E-state index in [9.17, 15) is 0 Å². The van der Waals surface area contributed by atoms with Crippen molar-refractivity contribution in [2.24, 2.45) is 0 Å². The van der Waals surface area contributed by atoms with Crippen LogP contribution in [0.25, 0.3) is 10.9 Å². The van der Waals surface area contributed by atoms with Crippen molar-refractivity contribution in [2.75, 3.05) is 13.6 Å². The molecule has 0 saturated carbocycles. The summed E-state index contributed by atoms with van der Waals surface area (Å²) >= 11 is 0. The number of likely N-dealkylation sites (N-methyl/N-ethyl adjacent to an activating group) is 1. The van der Waals surface area contributed by atoms with Crippen LogP contribution in [0.2, 0.25) is 0 Å². The Morgan fingerprint density at radius 3 is 2.70 bits per heavy atom. The summed E-state index contributed by atoms with van der Waals surface area (Å²) in [6, 6.07) is 20.1. The normalized spacial score (nSPS) is 19.1. The molecule has 1 aromatic heterocycles. The summed E-state index contributed by atoms with van der Waals surface area (Å²) in [5.74, 6) is 0. The number of rotatable bonds is 1. The molecule has 1 aliphatic heterocycles. The molecule has 0 fully saturated rings. The van der Waals surface area contributed by atoms with E-state index in [1.165, 1.54) is 22.0 Å². The maximum atomic E-state index is 2.42. The van der Waals surface area contributed by atoms with E-state index in [0.29, 0.717) is 6.04 Å². The van der Waals surface area contributed by atoms with Gasteiger partial charge in [0.05, 0.1) is 6.04 Å². The average Bonchev–Trinajstić information content (AvgIpc) is 2.90. The predicted molar refractivity (Wildman–Crippen MR) is 82.9 cm³/mol. The highest BCUT2D eigenvalue weighted by Gasteiger charge is 2.24. The Balaban J connectivity index is 1.90. The topological polar surface area (TPSA) is 8.17 Å². The minimum absolute atomic E-state index is 0.407. The first kappa shape index (κ1) is 11.7. The Morgan fingerprint density at radius 1 is 0.950 bits per heavy atom. The summed E-state index contributed by atoms with van der Waals surface area (Å²) in [4.78, 5) is 2.40. The number of aromatic nitrogens is 1. The molecule has 0 radical (unpaired) electrons. The molecule has 100 valence electrons. The molecule has 2 heteroatoms. The smallest absolute Gasteiger partial charge is 0.0716 e. The van der Waals surface area contributed by atoms with Crippen LogP contribution in [0.1, 0.15) is 17.2 Å². The SMILES string of the molecule is CN1Cc2ccccc2[C@H](n2ccc3ccccc32)C1. The van der Waals surface area contributed by atoms with Gasteiger partial charge in [0.15, 0.2) is 0 Å². The van der Waals surface area contributed by atoms with Crippen LogP contribution in [0.4, 0.5) is 0 Å². The van der Waals surface area contributed by atoms with Gasteiger partial charge in [-0.15, -0.1) is 0 Å². The van der Waals surface area contributed by atoms with Crippen molar-refractivity contribution in [3.8, 4) is 0 Å². The first-order valence-corrected chi connectivity index (χ1v) is 7.15. The van der Waals surface area contributed by atoms with Crippen LogP contribution in [0, 0.1) is 0 Å². The van der Waals surface area contributed by atoms with Crippen LogP contribution in [0.3, 0.4) is 0 Å². The van der Waals surface area contributed by atoms with Crippen molar-refractivity contribution in [3.05, 3.63) is 71.9 Å². The summed E-state index contributed by atoms with van der Waals surface area (Å²) in [5, 5.41) is 1.32. The Kier molecular flexibility index (Phi) is 2.64. The van der Waals surface area contributed by atoms with Crippen LogP contribution in [-0.4, -0.2) is 23.1 Å². The molecule has 3 aromatic rings. The molecule has 0 saturated heterocycles. The Hall–Kier alpha value is -2.06. The molecular weight excluding hydrogens is 244 g/mol. The lowest BCUT2D eigenvalue weighted by atomic mass is 9.95. The molecular formula is C18H18N2. The van der Waals surface area contributed by atoms with Crippen molar-refractivity contribution in [1.82, 2.24) is 9.47 Å². The Morgan fingerprint density at radius 2 is 1.75 bits per heavy atom. The maximum Gasteiger partial charge on any atom is 0.0716 e. The number of fused-ring (bicyclic) bond motifs is 2. The predicted octanol–water partition coefficient (Wildman–Crippen LogP) is 3.68. The summed E-state index contributed by atoms with van der Waals surface area (Å²) < 4.78 is 2.42. The lowest BCUT2D eigenvalue weighted by Crippen LogP contribution is -2.33. The van der Waals surface area contributed by atoms with Crippen molar-refractivity contribution in [2.45, 2.75) is 12.6 Å². The van der Waals surface area contributed by atoms with E-state index >= 15 is 0 Å². The standard InChI is InChI=1S/C18H18N2/c1-19-12-15-7-2-4-8-16(15)18(13-19)20-11-10-14-6-3-5-9-17(14)20/h2-11,18H,12-13H2,1H3/t18-/m1/s1. The second-order valence-electron chi connectivity index (χ2n) is 5.69. The third kappa shape index (κ3) is 1.76. The van der Waals surface area contributed by atoms with Crippen LogP contribution in [-0.2, 0) is 6.54 Å². The summed E-state index contributed by atoms with van der Waals surface area (Å²) in [6.07, 6.45) is 2.23. The van der Waals surface area contributed by atoms with Gasteiger partial charge in [-0.25, -0.2) is 0 Å². The molecule has 0 spiro atoms. The van der Waals surface area contributed by atoms with Crippen LogP contribution in [0.5, 0.6) is 0 Å². The average molecular weight is 262 g/mol. The first-order valence-electron chi connectivity index (χ1n) is 7.15. The summed E-state index contributed by atoms with van der Waals surface area (Å²) in [7, 11) is 2.20. The van der Waals surface area contributed by atoms with Gasteiger partial charge < -0.3 is 4.57 Å². The van der Waals surface area contributed by atoms with Gasteiger partial charge in [0.25, 0.3) is 0 Å². The third-order valence-corrected chi connectivity index (χ3v) is 4.30. The van der Waals surface area contributed by atoms with Gasteiger partial charge in [-0.3, -0.25) is 4.90 Å². The summed E-state index contributed by atoms with van der Waals surface area (Å²) in [6.45, 7) is 2.11. The zero-order valence-electron chi connectivity index (χ0n) is 11.7. The number of benzene rings is 2. The van der Waals surface area contributed by atoms with Crippen LogP contribution in [0.15, 0.2) is 60.8 Å². The van der Waals surface area contributed by atoms with Crippen molar-refractivity contribution in [1.29, 1.82) is 0 Å². The minimum atomic E-state index is 0.407.